The van der Waals surface area contributed by atoms with Crippen LogP contribution in [0.15, 0.2) is 48.7 Å². The van der Waals surface area contributed by atoms with Crippen molar-refractivity contribution in [3.63, 3.8) is 0 Å². The van der Waals surface area contributed by atoms with Gasteiger partial charge >= 0.3 is 0 Å². The van der Waals surface area contributed by atoms with E-state index in [1.807, 2.05) is 18.2 Å². The van der Waals surface area contributed by atoms with E-state index in [0.717, 1.165) is 17.7 Å². The van der Waals surface area contributed by atoms with Crippen LogP contribution in [-0.2, 0) is 13.0 Å². The fourth-order valence-corrected chi connectivity index (χ4v) is 2.18. The number of hydrogen-bond acceptors (Lipinski definition) is 7. The third-order valence-electron chi connectivity index (χ3n) is 3.41. The molecular formula is C17H18FN7. The normalized spacial score (nSPS) is 10.4. The molecule has 2 aromatic heterocycles. The van der Waals surface area contributed by atoms with Crippen molar-refractivity contribution < 1.29 is 4.39 Å². The number of nitrogens with two attached hydrogens (primary N) is 1. The van der Waals surface area contributed by atoms with Crippen LogP contribution in [0.4, 0.5) is 22.2 Å². The summed E-state index contributed by atoms with van der Waals surface area (Å²) < 4.78 is 12.9. The van der Waals surface area contributed by atoms with Gasteiger partial charge in [-0.05, 0) is 29.8 Å². The maximum Gasteiger partial charge on any atom is 0.229 e. The van der Waals surface area contributed by atoms with Crippen LogP contribution in [0.1, 0.15) is 11.3 Å². The zero-order chi connectivity index (χ0) is 17.5. The summed E-state index contributed by atoms with van der Waals surface area (Å²) in [6.07, 6.45) is 2.50. The molecule has 0 aliphatic carbocycles. The number of aromatic nitrogens is 4. The lowest BCUT2D eigenvalue weighted by molar-refractivity contribution is 0.627. The van der Waals surface area contributed by atoms with Crippen LogP contribution < -0.4 is 16.4 Å². The summed E-state index contributed by atoms with van der Waals surface area (Å²) in [4.78, 5) is 16.7. The molecule has 3 aromatic rings. The second kappa shape index (κ2) is 8.00. The van der Waals surface area contributed by atoms with Crippen molar-refractivity contribution in [2.75, 3.05) is 22.9 Å². The molecule has 0 unspecified atom stereocenters. The van der Waals surface area contributed by atoms with Crippen LogP contribution in [-0.4, -0.2) is 26.5 Å². The van der Waals surface area contributed by atoms with Crippen molar-refractivity contribution in [1.82, 2.24) is 19.9 Å². The number of rotatable bonds is 7. The zero-order valence-electron chi connectivity index (χ0n) is 13.5. The minimum Gasteiger partial charge on any atom is -0.368 e. The van der Waals surface area contributed by atoms with Crippen LogP contribution in [0.25, 0.3) is 0 Å². The van der Waals surface area contributed by atoms with Crippen LogP contribution >= 0.6 is 0 Å². The molecule has 0 spiro atoms. The predicted octanol–water partition coefficient (Wildman–Crippen LogP) is 2.25. The van der Waals surface area contributed by atoms with Gasteiger partial charge in [-0.3, -0.25) is 4.98 Å². The molecule has 0 fully saturated rings. The van der Waals surface area contributed by atoms with E-state index in [2.05, 4.69) is 30.6 Å². The van der Waals surface area contributed by atoms with Gasteiger partial charge < -0.3 is 16.4 Å². The minimum atomic E-state index is -0.271. The number of nitrogen functional groups attached to an aromatic ring is 1. The molecule has 7 nitrogen and oxygen atoms in total. The maximum atomic E-state index is 12.9. The predicted molar refractivity (Wildman–Crippen MR) is 94.4 cm³/mol. The van der Waals surface area contributed by atoms with E-state index in [-0.39, 0.29) is 11.8 Å². The van der Waals surface area contributed by atoms with Crippen molar-refractivity contribution in [3.8, 4) is 0 Å². The number of nitrogens with one attached hydrogen (secondary N) is 2. The number of pyridine rings is 1. The van der Waals surface area contributed by atoms with Gasteiger partial charge in [0.05, 0.1) is 0 Å². The molecule has 2 heterocycles. The summed E-state index contributed by atoms with van der Waals surface area (Å²) in [5.41, 5.74) is 7.61. The van der Waals surface area contributed by atoms with Gasteiger partial charge in [-0.2, -0.15) is 15.0 Å². The van der Waals surface area contributed by atoms with Gasteiger partial charge in [0.25, 0.3) is 0 Å². The Labute approximate surface area is 144 Å². The average molecular weight is 339 g/mol. The molecule has 3 rings (SSSR count). The first kappa shape index (κ1) is 16.6. The zero-order valence-corrected chi connectivity index (χ0v) is 13.5. The summed E-state index contributed by atoms with van der Waals surface area (Å²) in [5, 5.41) is 6.16. The molecule has 0 atom stereocenters. The first-order valence-corrected chi connectivity index (χ1v) is 7.83. The molecule has 0 radical (unpaired) electrons. The van der Waals surface area contributed by atoms with Gasteiger partial charge in [-0.25, -0.2) is 4.39 Å². The van der Waals surface area contributed by atoms with E-state index < -0.39 is 0 Å². The number of halogens is 1. The quantitative estimate of drug-likeness (QED) is 0.607. The highest BCUT2D eigenvalue weighted by Gasteiger charge is 2.04. The van der Waals surface area contributed by atoms with Gasteiger partial charge in [0, 0.05) is 31.4 Å². The van der Waals surface area contributed by atoms with Crippen LogP contribution in [0, 0.1) is 5.82 Å². The molecule has 0 bridgehead atoms. The van der Waals surface area contributed by atoms with E-state index in [9.17, 15) is 4.39 Å². The molecule has 128 valence electrons. The number of benzene rings is 1. The standard InChI is InChI=1S/C17H18FN7/c18-13-6-4-12(5-7-13)11-22-17-24-15(19)23-16(25-17)21-10-8-14-3-1-2-9-20-14/h1-7,9H,8,10-11H2,(H4,19,21,22,23,24,25). The van der Waals surface area contributed by atoms with Crippen molar-refractivity contribution in [1.29, 1.82) is 0 Å². The monoisotopic (exact) mass is 339 g/mol. The van der Waals surface area contributed by atoms with Crippen molar-refractivity contribution in [2.24, 2.45) is 0 Å². The highest BCUT2D eigenvalue weighted by Crippen LogP contribution is 2.09. The van der Waals surface area contributed by atoms with Crippen molar-refractivity contribution >= 4 is 17.8 Å². The lowest BCUT2D eigenvalue weighted by Crippen LogP contribution is -2.13. The van der Waals surface area contributed by atoms with E-state index in [1.54, 1.807) is 18.3 Å². The molecule has 8 heteroatoms. The Morgan fingerprint density at radius 1 is 0.920 bits per heavy atom. The van der Waals surface area contributed by atoms with E-state index in [0.29, 0.717) is 25.0 Å². The van der Waals surface area contributed by atoms with Gasteiger partial charge in [0.1, 0.15) is 5.82 Å². The van der Waals surface area contributed by atoms with E-state index in [1.165, 1.54) is 12.1 Å². The second-order valence-electron chi connectivity index (χ2n) is 5.32. The fourth-order valence-electron chi connectivity index (χ4n) is 2.18. The first-order chi connectivity index (χ1) is 12.2. The Balaban J connectivity index is 1.57. The molecule has 0 saturated heterocycles. The van der Waals surface area contributed by atoms with Crippen molar-refractivity contribution in [2.45, 2.75) is 13.0 Å². The Bertz CT molecular complexity index is 809. The molecule has 0 aliphatic rings. The minimum absolute atomic E-state index is 0.122. The van der Waals surface area contributed by atoms with Crippen LogP contribution in [0.2, 0.25) is 0 Å². The Hall–Kier alpha value is -3.29. The summed E-state index contributed by atoms with van der Waals surface area (Å²) in [7, 11) is 0. The van der Waals surface area contributed by atoms with Gasteiger partial charge in [-0.1, -0.05) is 18.2 Å². The van der Waals surface area contributed by atoms with Crippen LogP contribution in [0.3, 0.4) is 0 Å². The highest BCUT2D eigenvalue weighted by atomic mass is 19.1. The second-order valence-corrected chi connectivity index (χ2v) is 5.32. The van der Waals surface area contributed by atoms with Gasteiger partial charge in [-0.15, -0.1) is 0 Å². The lowest BCUT2D eigenvalue weighted by Gasteiger charge is -2.09. The topological polar surface area (TPSA) is 102 Å². The average Bonchev–Trinajstić information content (AvgIpc) is 2.62. The summed E-state index contributed by atoms with van der Waals surface area (Å²) >= 11 is 0. The molecule has 25 heavy (non-hydrogen) atoms. The van der Waals surface area contributed by atoms with E-state index in [4.69, 9.17) is 5.73 Å². The van der Waals surface area contributed by atoms with Crippen molar-refractivity contribution in [3.05, 3.63) is 65.7 Å². The van der Waals surface area contributed by atoms with Gasteiger partial charge in [0.2, 0.25) is 17.8 Å². The third-order valence-corrected chi connectivity index (χ3v) is 3.41. The molecule has 4 N–H and O–H groups in total. The van der Waals surface area contributed by atoms with Crippen LogP contribution in [0.5, 0.6) is 0 Å². The fraction of sp³-hybridized carbons (Fsp3) is 0.176. The first-order valence-electron chi connectivity index (χ1n) is 7.83. The molecule has 1 aromatic carbocycles. The Morgan fingerprint density at radius 2 is 1.68 bits per heavy atom. The maximum absolute atomic E-state index is 12.9. The molecule has 0 aliphatic heterocycles. The number of anilines is 3. The smallest absolute Gasteiger partial charge is 0.229 e. The molecule has 0 amide bonds. The highest BCUT2D eigenvalue weighted by molar-refractivity contribution is 5.40. The Morgan fingerprint density at radius 3 is 2.40 bits per heavy atom. The summed E-state index contributed by atoms with van der Waals surface area (Å²) in [6, 6.07) is 12.0. The summed E-state index contributed by atoms with van der Waals surface area (Å²) in [6.45, 7) is 1.08. The number of hydrogen-bond donors (Lipinski definition) is 3. The third kappa shape index (κ3) is 5.10. The van der Waals surface area contributed by atoms with Gasteiger partial charge in [0.15, 0.2) is 0 Å². The SMILES string of the molecule is Nc1nc(NCCc2ccccn2)nc(NCc2ccc(F)cc2)n1. The van der Waals surface area contributed by atoms with E-state index >= 15 is 0 Å². The Kier molecular flexibility index (Phi) is 5.30. The number of nitrogens with zero attached hydrogens (tertiary/aromatic N) is 4. The lowest BCUT2D eigenvalue weighted by atomic mass is 10.2. The largest absolute Gasteiger partial charge is 0.368 e. The summed E-state index contributed by atoms with van der Waals surface area (Å²) in [5.74, 6) is 0.603. The molecular weight excluding hydrogens is 321 g/mol. The molecule has 0 saturated carbocycles.